The van der Waals surface area contributed by atoms with Gasteiger partial charge >= 0.3 is 0 Å². The minimum absolute atomic E-state index is 0.0714. The van der Waals surface area contributed by atoms with E-state index in [1.54, 1.807) is 34.9 Å². The van der Waals surface area contributed by atoms with Crippen LogP contribution in [-0.2, 0) is 16.1 Å². The van der Waals surface area contributed by atoms with Crippen molar-refractivity contribution < 1.29 is 9.59 Å². The van der Waals surface area contributed by atoms with E-state index >= 15 is 0 Å². The Morgan fingerprint density at radius 3 is 2.34 bits per heavy atom. The lowest BCUT2D eigenvalue weighted by Gasteiger charge is -2.32. The molecule has 1 N–H and O–H groups in total. The Hall–Kier alpha value is -1.69. The number of nitrogens with one attached hydrogen (secondary N) is 1. The van der Waals surface area contributed by atoms with Gasteiger partial charge in [-0.15, -0.1) is 11.8 Å². The van der Waals surface area contributed by atoms with E-state index in [2.05, 4.69) is 5.32 Å². The third-order valence-electron chi connectivity index (χ3n) is 5.81. The second-order valence-electron chi connectivity index (χ2n) is 8.05. The number of halogens is 2. The first-order valence-electron chi connectivity index (χ1n) is 11.2. The van der Waals surface area contributed by atoms with Gasteiger partial charge < -0.3 is 10.2 Å². The first-order valence-corrected chi connectivity index (χ1v) is 12.9. The molecule has 172 valence electrons. The third-order valence-corrected chi connectivity index (χ3v) is 7.53. The fraction of sp³-hybridized carbons (Fsp3) is 0.440. The summed E-state index contributed by atoms with van der Waals surface area (Å²) in [5, 5.41) is 4.16. The normalized spacial score (nSPS) is 14.8. The average molecular weight is 494 g/mol. The summed E-state index contributed by atoms with van der Waals surface area (Å²) in [5.41, 5.74) is 0.673. The molecule has 0 bridgehead atoms. The lowest BCUT2D eigenvalue weighted by molar-refractivity contribution is -0.141. The summed E-state index contributed by atoms with van der Waals surface area (Å²) >= 11 is 14.4. The van der Waals surface area contributed by atoms with Crippen LogP contribution in [0, 0.1) is 0 Å². The molecule has 0 aromatic heterocycles. The number of rotatable bonds is 10. The van der Waals surface area contributed by atoms with E-state index in [0.29, 0.717) is 34.2 Å². The largest absolute Gasteiger partial charge is 0.352 e. The van der Waals surface area contributed by atoms with Gasteiger partial charge in [0, 0.05) is 45.3 Å². The second-order valence-corrected chi connectivity index (χ2v) is 10.0. The molecule has 0 spiro atoms. The summed E-state index contributed by atoms with van der Waals surface area (Å²) in [6, 6.07) is 14.9. The van der Waals surface area contributed by atoms with Gasteiger partial charge in [-0.2, -0.15) is 0 Å². The summed E-state index contributed by atoms with van der Waals surface area (Å²) in [7, 11) is 0. The molecule has 1 unspecified atom stereocenters. The molecule has 2 amide bonds. The highest BCUT2D eigenvalue weighted by Gasteiger charge is 2.31. The first kappa shape index (κ1) is 24.9. The summed E-state index contributed by atoms with van der Waals surface area (Å²) < 4.78 is 0. The van der Waals surface area contributed by atoms with Crippen molar-refractivity contribution in [2.75, 3.05) is 5.75 Å². The Kier molecular flexibility index (Phi) is 9.76. The van der Waals surface area contributed by atoms with E-state index in [4.69, 9.17) is 23.2 Å². The smallest absolute Gasteiger partial charge is 0.243 e. The lowest BCUT2D eigenvalue weighted by Crippen LogP contribution is -2.51. The Bertz CT molecular complexity index is 884. The van der Waals surface area contributed by atoms with E-state index < -0.39 is 6.04 Å². The molecule has 2 aromatic carbocycles. The van der Waals surface area contributed by atoms with E-state index in [0.717, 1.165) is 30.6 Å². The molecule has 1 aliphatic carbocycles. The Morgan fingerprint density at radius 2 is 1.72 bits per heavy atom. The maximum atomic E-state index is 13.3. The number of benzene rings is 2. The van der Waals surface area contributed by atoms with Crippen LogP contribution in [0.15, 0.2) is 53.4 Å². The van der Waals surface area contributed by atoms with Crippen LogP contribution in [0.1, 0.15) is 51.0 Å². The number of thioether (sulfide) groups is 1. The van der Waals surface area contributed by atoms with Gasteiger partial charge in [0.2, 0.25) is 11.8 Å². The van der Waals surface area contributed by atoms with Crippen molar-refractivity contribution in [3.63, 3.8) is 0 Å². The van der Waals surface area contributed by atoms with Gasteiger partial charge in [-0.1, -0.05) is 67.2 Å². The van der Waals surface area contributed by atoms with Crippen LogP contribution in [0.3, 0.4) is 0 Å². The summed E-state index contributed by atoms with van der Waals surface area (Å²) in [6.45, 7) is 2.15. The van der Waals surface area contributed by atoms with Crippen LogP contribution in [0.5, 0.6) is 0 Å². The van der Waals surface area contributed by atoms with Crippen molar-refractivity contribution in [2.24, 2.45) is 0 Å². The van der Waals surface area contributed by atoms with Gasteiger partial charge in [-0.25, -0.2) is 0 Å². The van der Waals surface area contributed by atoms with Gasteiger partial charge in [-0.05, 0) is 43.5 Å². The number of hydrogen-bond acceptors (Lipinski definition) is 3. The van der Waals surface area contributed by atoms with Gasteiger partial charge in [0.15, 0.2) is 0 Å². The van der Waals surface area contributed by atoms with E-state index in [1.807, 2.05) is 37.3 Å². The molecular weight excluding hydrogens is 463 g/mol. The van der Waals surface area contributed by atoms with Crippen LogP contribution in [0.2, 0.25) is 10.0 Å². The highest BCUT2D eigenvalue weighted by Crippen LogP contribution is 2.28. The standard InChI is InChI=1S/C25H30Cl2N2O2S/c1-2-23(25(31)28-18-9-6-7-10-18)29(17-20-21(26)13-8-14-22(20)27)24(30)15-16-32-19-11-4-3-5-12-19/h3-5,8,11-14,18,23H,2,6-7,9-10,15-17H2,1H3,(H,28,31). The van der Waals surface area contributed by atoms with Crippen molar-refractivity contribution in [1.29, 1.82) is 0 Å². The predicted octanol–water partition coefficient (Wildman–Crippen LogP) is 6.34. The molecule has 0 saturated heterocycles. The second kappa shape index (κ2) is 12.5. The number of carbonyl (C=O) groups is 2. The monoisotopic (exact) mass is 492 g/mol. The van der Waals surface area contributed by atoms with Crippen LogP contribution in [0.25, 0.3) is 0 Å². The van der Waals surface area contributed by atoms with Crippen molar-refractivity contribution in [1.82, 2.24) is 10.2 Å². The fourth-order valence-electron chi connectivity index (χ4n) is 4.06. The summed E-state index contributed by atoms with van der Waals surface area (Å²) in [6.07, 6.45) is 5.13. The molecule has 0 aliphatic heterocycles. The zero-order valence-corrected chi connectivity index (χ0v) is 20.7. The SMILES string of the molecule is CCC(C(=O)NC1CCCC1)N(Cc1c(Cl)cccc1Cl)C(=O)CCSc1ccccc1. The van der Waals surface area contributed by atoms with Crippen LogP contribution < -0.4 is 5.32 Å². The Labute approximate surface area is 205 Å². The maximum absolute atomic E-state index is 13.3. The molecule has 3 rings (SSSR count). The van der Waals surface area contributed by atoms with Crippen molar-refractivity contribution in [2.45, 2.75) is 69.0 Å². The van der Waals surface area contributed by atoms with Crippen molar-refractivity contribution in [3.8, 4) is 0 Å². The minimum atomic E-state index is -0.558. The number of hydrogen-bond donors (Lipinski definition) is 1. The predicted molar refractivity (Wildman–Crippen MR) is 133 cm³/mol. The Morgan fingerprint density at radius 1 is 1.06 bits per heavy atom. The topological polar surface area (TPSA) is 49.4 Å². The molecule has 1 saturated carbocycles. The lowest BCUT2D eigenvalue weighted by atomic mass is 10.1. The van der Waals surface area contributed by atoms with Gasteiger partial charge in [0.05, 0.1) is 0 Å². The van der Waals surface area contributed by atoms with Crippen LogP contribution >= 0.6 is 35.0 Å². The van der Waals surface area contributed by atoms with E-state index in [-0.39, 0.29) is 24.4 Å². The van der Waals surface area contributed by atoms with Crippen LogP contribution in [0.4, 0.5) is 0 Å². The molecule has 2 aromatic rings. The number of nitrogens with zero attached hydrogens (tertiary/aromatic N) is 1. The molecule has 1 atom stereocenters. The van der Waals surface area contributed by atoms with Crippen molar-refractivity contribution in [3.05, 3.63) is 64.1 Å². The molecule has 0 radical (unpaired) electrons. The molecule has 4 nitrogen and oxygen atoms in total. The zero-order valence-electron chi connectivity index (χ0n) is 18.4. The van der Waals surface area contributed by atoms with Crippen molar-refractivity contribution >= 4 is 46.8 Å². The van der Waals surface area contributed by atoms with E-state index in [9.17, 15) is 9.59 Å². The Balaban J connectivity index is 1.75. The number of carbonyl (C=O) groups excluding carboxylic acids is 2. The quantitative estimate of drug-likeness (QED) is 0.393. The molecule has 0 heterocycles. The molecular formula is C25H30Cl2N2O2S. The summed E-state index contributed by atoms with van der Waals surface area (Å²) in [4.78, 5) is 29.3. The van der Waals surface area contributed by atoms with Crippen LogP contribution in [-0.4, -0.2) is 34.6 Å². The molecule has 32 heavy (non-hydrogen) atoms. The minimum Gasteiger partial charge on any atom is -0.352 e. The molecule has 1 aliphatic rings. The molecule has 7 heteroatoms. The molecule has 1 fully saturated rings. The van der Waals surface area contributed by atoms with Gasteiger partial charge in [0.1, 0.15) is 6.04 Å². The fourth-order valence-corrected chi connectivity index (χ4v) is 5.44. The highest BCUT2D eigenvalue weighted by molar-refractivity contribution is 7.99. The first-order chi connectivity index (χ1) is 15.5. The zero-order chi connectivity index (χ0) is 22.9. The van der Waals surface area contributed by atoms with E-state index in [1.165, 1.54) is 0 Å². The number of amides is 2. The average Bonchev–Trinajstić information content (AvgIpc) is 3.29. The summed E-state index contributed by atoms with van der Waals surface area (Å²) in [5.74, 6) is 0.473. The maximum Gasteiger partial charge on any atom is 0.243 e. The van der Waals surface area contributed by atoms with Gasteiger partial charge in [0.25, 0.3) is 0 Å². The third kappa shape index (κ3) is 6.90. The van der Waals surface area contributed by atoms with Gasteiger partial charge in [-0.3, -0.25) is 9.59 Å². The highest BCUT2D eigenvalue weighted by atomic mass is 35.5.